The summed E-state index contributed by atoms with van der Waals surface area (Å²) in [5, 5.41) is 3.39. The maximum Gasteiger partial charge on any atom is 0.0631 e. The van der Waals surface area contributed by atoms with Gasteiger partial charge in [0.25, 0.3) is 0 Å². The molecule has 0 aliphatic carbocycles. The number of rotatable bonds is 3. The van der Waals surface area contributed by atoms with E-state index in [0.717, 1.165) is 0 Å². The lowest BCUT2D eigenvalue weighted by atomic mass is 9.74. The minimum absolute atomic E-state index is 0.136. The molecule has 0 spiro atoms. The van der Waals surface area contributed by atoms with E-state index in [-0.39, 0.29) is 5.60 Å². The average molecular weight is 197 g/mol. The van der Waals surface area contributed by atoms with Crippen LogP contribution in [0.3, 0.4) is 0 Å². The Balaban J connectivity index is 1.86. The largest absolute Gasteiger partial charge is 0.372 e. The summed E-state index contributed by atoms with van der Waals surface area (Å²) in [5.41, 5.74) is 0.696. The molecule has 2 aliphatic rings. The quantitative estimate of drug-likeness (QED) is 0.750. The van der Waals surface area contributed by atoms with Gasteiger partial charge in [0.05, 0.1) is 11.7 Å². The monoisotopic (exact) mass is 197 g/mol. The van der Waals surface area contributed by atoms with Gasteiger partial charge in [-0.3, -0.25) is 0 Å². The molecule has 0 bridgehead atoms. The van der Waals surface area contributed by atoms with E-state index < -0.39 is 0 Å². The Morgan fingerprint density at radius 3 is 2.43 bits per heavy atom. The predicted molar refractivity (Wildman–Crippen MR) is 58.4 cm³/mol. The van der Waals surface area contributed by atoms with Gasteiger partial charge in [0.1, 0.15) is 0 Å². The van der Waals surface area contributed by atoms with E-state index >= 15 is 0 Å². The lowest BCUT2D eigenvalue weighted by Gasteiger charge is -2.43. The third-order valence-electron chi connectivity index (χ3n) is 3.96. The van der Waals surface area contributed by atoms with Crippen molar-refractivity contribution in [2.24, 2.45) is 5.41 Å². The van der Waals surface area contributed by atoms with Crippen LogP contribution in [0.5, 0.6) is 0 Å². The standard InChI is InChI=1S/C12H23NO/c1-4-12(8-13-9-12)7-10-5-6-11(2,3)14-10/h10,13H,4-9H2,1-3H3. The Kier molecular flexibility index (Phi) is 2.61. The minimum atomic E-state index is 0.136. The summed E-state index contributed by atoms with van der Waals surface area (Å²) in [4.78, 5) is 0. The predicted octanol–water partition coefficient (Wildman–Crippen LogP) is 2.33. The van der Waals surface area contributed by atoms with Crippen LogP contribution >= 0.6 is 0 Å². The molecule has 2 heterocycles. The van der Waals surface area contributed by atoms with Crippen LogP contribution in [0, 0.1) is 5.41 Å². The second kappa shape index (κ2) is 3.49. The molecule has 2 heteroatoms. The van der Waals surface area contributed by atoms with Gasteiger partial charge in [0, 0.05) is 13.1 Å². The van der Waals surface area contributed by atoms with E-state index in [4.69, 9.17) is 4.74 Å². The summed E-state index contributed by atoms with van der Waals surface area (Å²) < 4.78 is 6.05. The van der Waals surface area contributed by atoms with Crippen molar-refractivity contribution in [3.05, 3.63) is 0 Å². The molecule has 1 atom stereocenters. The number of ether oxygens (including phenoxy) is 1. The summed E-state index contributed by atoms with van der Waals surface area (Å²) in [6.07, 6.45) is 5.56. The number of hydrogen-bond acceptors (Lipinski definition) is 2. The molecular formula is C12H23NO. The fourth-order valence-corrected chi connectivity index (χ4v) is 2.72. The maximum absolute atomic E-state index is 6.05. The number of nitrogens with one attached hydrogen (secondary N) is 1. The van der Waals surface area contributed by atoms with Gasteiger partial charge in [0.15, 0.2) is 0 Å². The molecule has 0 aromatic carbocycles. The molecule has 14 heavy (non-hydrogen) atoms. The van der Waals surface area contributed by atoms with Crippen molar-refractivity contribution in [1.29, 1.82) is 0 Å². The van der Waals surface area contributed by atoms with Crippen molar-refractivity contribution in [3.63, 3.8) is 0 Å². The third-order valence-corrected chi connectivity index (χ3v) is 3.96. The molecule has 0 saturated carbocycles. The Labute approximate surface area is 87.4 Å². The van der Waals surface area contributed by atoms with Crippen LogP contribution < -0.4 is 5.32 Å². The van der Waals surface area contributed by atoms with E-state index in [1.165, 1.54) is 38.8 Å². The minimum Gasteiger partial charge on any atom is -0.372 e. The molecule has 2 nitrogen and oxygen atoms in total. The van der Waals surface area contributed by atoms with Gasteiger partial charge in [-0.2, -0.15) is 0 Å². The molecule has 0 amide bonds. The summed E-state index contributed by atoms with van der Waals surface area (Å²) in [6, 6.07) is 0. The first-order valence-corrected chi connectivity index (χ1v) is 5.94. The summed E-state index contributed by atoms with van der Waals surface area (Å²) in [5.74, 6) is 0. The van der Waals surface area contributed by atoms with Crippen molar-refractivity contribution in [3.8, 4) is 0 Å². The van der Waals surface area contributed by atoms with Gasteiger partial charge in [-0.05, 0) is 44.9 Å². The molecule has 2 aliphatic heterocycles. The maximum atomic E-state index is 6.05. The van der Waals surface area contributed by atoms with Crippen molar-refractivity contribution < 1.29 is 4.74 Å². The van der Waals surface area contributed by atoms with E-state index in [0.29, 0.717) is 11.5 Å². The van der Waals surface area contributed by atoms with E-state index in [1.54, 1.807) is 0 Å². The fraction of sp³-hybridized carbons (Fsp3) is 1.00. The van der Waals surface area contributed by atoms with Crippen LogP contribution in [0.25, 0.3) is 0 Å². The zero-order valence-corrected chi connectivity index (χ0v) is 9.73. The summed E-state index contributed by atoms with van der Waals surface area (Å²) in [6.45, 7) is 9.13. The number of hydrogen-bond donors (Lipinski definition) is 1. The molecule has 82 valence electrons. The Bertz CT molecular complexity index is 203. The van der Waals surface area contributed by atoms with Gasteiger partial charge in [0.2, 0.25) is 0 Å². The zero-order chi connectivity index (χ0) is 10.2. The van der Waals surface area contributed by atoms with Crippen molar-refractivity contribution in [2.75, 3.05) is 13.1 Å². The van der Waals surface area contributed by atoms with Crippen LogP contribution in [0.2, 0.25) is 0 Å². The highest BCUT2D eigenvalue weighted by molar-refractivity contribution is 4.95. The summed E-state index contributed by atoms with van der Waals surface area (Å²) >= 11 is 0. The normalized spacial score (nSPS) is 34.1. The van der Waals surface area contributed by atoms with Crippen molar-refractivity contribution >= 4 is 0 Å². The van der Waals surface area contributed by atoms with Crippen LogP contribution in [0.4, 0.5) is 0 Å². The highest BCUT2D eigenvalue weighted by Gasteiger charge is 2.41. The Morgan fingerprint density at radius 2 is 2.07 bits per heavy atom. The molecule has 0 aromatic rings. The van der Waals surface area contributed by atoms with Crippen LogP contribution in [0.15, 0.2) is 0 Å². The van der Waals surface area contributed by atoms with Gasteiger partial charge in [-0.1, -0.05) is 6.92 Å². The van der Waals surface area contributed by atoms with E-state index in [1.807, 2.05) is 0 Å². The molecule has 1 N–H and O–H groups in total. The first kappa shape index (κ1) is 10.4. The lowest BCUT2D eigenvalue weighted by Crippen LogP contribution is -2.54. The van der Waals surface area contributed by atoms with E-state index in [2.05, 4.69) is 26.1 Å². The van der Waals surface area contributed by atoms with Gasteiger partial charge in [-0.15, -0.1) is 0 Å². The third kappa shape index (κ3) is 1.96. The molecular weight excluding hydrogens is 174 g/mol. The topological polar surface area (TPSA) is 21.3 Å². The van der Waals surface area contributed by atoms with Crippen molar-refractivity contribution in [2.45, 2.75) is 58.2 Å². The second-order valence-electron chi connectivity index (χ2n) is 5.70. The second-order valence-corrected chi connectivity index (χ2v) is 5.70. The Morgan fingerprint density at radius 1 is 1.36 bits per heavy atom. The van der Waals surface area contributed by atoms with Gasteiger partial charge < -0.3 is 10.1 Å². The smallest absolute Gasteiger partial charge is 0.0631 e. The van der Waals surface area contributed by atoms with Crippen LogP contribution in [-0.4, -0.2) is 24.8 Å². The molecule has 2 fully saturated rings. The van der Waals surface area contributed by atoms with Crippen molar-refractivity contribution in [1.82, 2.24) is 5.32 Å². The summed E-state index contributed by atoms with van der Waals surface area (Å²) in [7, 11) is 0. The molecule has 2 rings (SSSR count). The van der Waals surface area contributed by atoms with Crippen LogP contribution in [0.1, 0.15) is 46.5 Å². The highest BCUT2D eigenvalue weighted by atomic mass is 16.5. The van der Waals surface area contributed by atoms with Crippen LogP contribution in [-0.2, 0) is 4.74 Å². The van der Waals surface area contributed by atoms with E-state index in [9.17, 15) is 0 Å². The highest BCUT2D eigenvalue weighted by Crippen LogP contribution is 2.39. The first-order valence-electron chi connectivity index (χ1n) is 5.94. The average Bonchev–Trinajstić information content (AvgIpc) is 2.38. The molecule has 0 aromatic heterocycles. The Hall–Kier alpha value is -0.0800. The fourth-order valence-electron chi connectivity index (χ4n) is 2.72. The molecule has 0 radical (unpaired) electrons. The molecule has 1 unspecified atom stereocenters. The molecule has 2 saturated heterocycles. The van der Waals surface area contributed by atoms with Gasteiger partial charge in [-0.25, -0.2) is 0 Å². The van der Waals surface area contributed by atoms with Gasteiger partial charge >= 0.3 is 0 Å². The lowest BCUT2D eigenvalue weighted by molar-refractivity contribution is -0.0445. The zero-order valence-electron chi connectivity index (χ0n) is 9.73. The first-order chi connectivity index (χ1) is 6.55. The SMILES string of the molecule is CCC1(CC2CCC(C)(C)O2)CNC1.